The zero-order valence-corrected chi connectivity index (χ0v) is 19.3. The van der Waals surface area contributed by atoms with Gasteiger partial charge in [0.15, 0.2) is 5.17 Å². The maximum absolute atomic E-state index is 13.3. The first-order valence-corrected chi connectivity index (χ1v) is 11.7. The van der Waals surface area contributed by atoms with Crippen molar-refractivity contribution >= 4 is 40.5 Å². The summed E-state index contributed by atoms with van der Waals surface area (Å²) >= 11 is 1.17. The molecule has 2 aromatic carbocycles. The summed E-state index contributed by atoms with van der Waals surface area (Å²) in [6.07, 6.45) is 3.63. The van der Waals surface area contributed by atoms with Gasteiger partial charge in [0.1, 0.15) is 17.2 Å². The van der Waals surface area contributed by atoms with Gasteiger partial charge in [0.05, 0.1) is 18.6 Å². The Kier molecular flexibility index (Phi) is 7.46. The summed E-state index contributed by atoms with van der Waals surface area (Å²) in [5.41, 5.74) is 1.40. The largest absolute Gasteiger partial charge is 0.497 e. The third-order valence-electron chi connectivity index (χ3n) is 5.35. The number of rotatable bonds is 7. The number of aliphatic imine (C=N–C) groups is 1. The number of hydrogen-bond donors (Lipinski definition) is 0. The van der Waals surface area contributed by atoms with E-state index in [1.54, 1.807) is 42.4 Å². The van der Waals surface area contributed by atoms with Gasteiger partial charge in [0.25, 0.3) is 5.91 Å². The second kappa shape index (κ2) is 10.7. The lowest BCUT2D eigenvalue weighted by molar-refractivity contribution is -0.127. The Balaban J connectivity index is 1.59. The molecule has 34 heavy (non-hydrogen) atoms. The Labute approximate surface area is 200 Å². The maximum Gasteiger partial charge on any atom is 0.387 e. The minimum Gasteiger partial charge on any atom is -0.497 e. The van der Waals surface area contributed by atoms with Gasteiger partial charge in [0, 0.05) is 13.1 Å². The van der Waals surface area contributed by atoms with Crippen LogP contribution in [-0.2, 0) is 9.59 Å². The first-order chi connectivity index (χ1) is 16.4. The number of amides is 2. The highest BCUT2D eigenvalue weighted by Crippen LogP contribution is 2.31. The molecule has 2 aliphatic rings. The van der Waals surface area contributed by atoms with Crippen LogP contribution in [0.5, 0.6) is 11.5 Å². The van der Waals surface area contributed by atoms with Crippen molar-refractivity contribution in [1.29, 1.82) is 0 Å². The number of thioether (sulfide) groups is 1. The van der Waals surface area contributed by atoms with E-state index in [0.717, 1.165) is 31.5 Å². The number of alkyl halides is 2. The van der Waals surface area contributed by atoms with E-state index in [2.05, 4.69) is 9.73 Å². The second-order valence-corrected chi connectivity index (χ2v) is 8.53. The number of benzene rings is 2. The average Bonchev–Trinajstić information content (AvgIpc) is 3.47. The van der Waals surface area contributed by atoms with Crippen LogP contribution in [0.25, 0.3) is 6.08 Å². The van der Waals surface area contributed by atoms with Crippen LogP contribution in [0.1, 0.15) is 18.4 Å². The molecule has 0 radical (unpaired) electrons. The monoisotopic (exact) mass is 487 g/mol. The topological polar surface area (TPSA) is 71.4 Å². The molecule has 0 aromatic heterocycles. The number of methoxy groups -OCH3 is 1. The molecule has 0 aliphatic carbocycles. The summed E-state index contributed by atoms with van der Waals surface area (Å²) in [5, 5.41) is 0.347. The van der Waals surface area contributed by atoms with Gasteiger partial charge in [-0.1, -0.05) is 23.9 Å². The van der Waals surface area contributed by atoms with Gasteiger partial charge in [0.2, 0.25) is 5.91 Å². The number of carbonyl (C=O) groups excluding carboxylic acids is 2. The van der Waals surface area contributed by atoms with Gasteiger partial charge in [-0.15, -0.1) is 0 Å². The van der Waals surface area contributed by atoms with Crippen molar-refractivity contribution in [2.75, 3.05) is 30.9 Å². The van der Waals surface area contributed by atoms with E-state index in [4.69, 9.17) is 4.74 Å². The molecular weight excluding hydrogens is 464 g/mol. The number of carbonyl (C=O) groups is 2. The first-order valence-electron chi connectivity index (χ1n) is 10.7. The fraction of sp³-hybridized carbons (Fsp3) is 0.292. The molecule has 0 atom stereocenters. The lowest BCUT2D eigenvalue weighted by Crippen LogP contribution is -2.33. The molecule has 0 saturated carbocycles. The zero-order valence-electron chi connectivity index (χ0n) is 18.4. The molecule has 2 aromatic rings. The Bertz CT molecular complexity index is 1100. The van der Waals surface area contributed by atoms with Gasteiger partial charge in [-0.05, 0) is 60.9 Å². The Hall–Kier alpha value is -3.40. The summed E-state index contributed by atoms with van der Waals surface area (Å²) in [6.45, 7) is -1.46. The van der Waals surface area contributed by atoms with Crippen molar-refractivity contribution < 1.29 is 27.8 Å². The lowest BCUT2D eigenvalue weighted by atomic mass is 10.2. The van der Waals surface area contributed by atoms with Crippen molar-refractivity contribution in [2.45, 2.75) is 19.5 Å². The standard InChI is InChI=1S/C24H23F2N3O4S/c1-32-18-8-4-16(5-9-18)14-20-22(31)29(17-6-10-19(11-7-17)33-23(25)26)24(27-20)34-15-21(30)28-12-2-3-13-28/h4-11,14,23H,2-3,12-13,15H2,1H3/b20-14+. The van der Waals surface area contributed by atoms with E-state index < -0.39 is 6.61 Å². The van der Waals surface area contributed by atoms with E-state index in [0.29, 0.717) is 16.6 Å². The van der Waals surface area contributed by atoms with Crippen LogP contribution < -0.4 is 14.4 Å². The van der Waals surface area contributed by atoms with Crippen molar-refractivity contribution in [2.24, 2.45) is 4.99 Å². The maximum atomic E-state index is 13.3. The highest BCUT2D eigenvalue weighted by molar-refractivity contribution is 8.14. The molecule has 0 N–H and O–H groups in total. The number of amidine groups is 1. The van der Waals surface area contributed by atoms with E-state index in [1.807, 2.05) is 0 Å². The summed E-state index contributed by atoms with van der Waals surface area (Å²) in [4.78, 5) is 33.5. The van der Waals surface area contributed by atoms with Gasteiger partial charge in [-0.25, -0.2) is 4.99 Å². The molecule has 7 nitrogen and oxygen atoms in total. The highest BCUT2D eigenvalue weighted by atomic mass is 32.2. The van der Waals surface area contributed by atoms with Crippen LogP contribution in [0.3, 0.4) is 0 Å². The average molecular weight is 488 g/mol. The Morgan fingerprint density at radius 1 is 1.09 bits per heavy atom. The van der Waals surface area contributed by atoms with Crippen LogP contribution in [-0.4, -0.2) is 54.4 Å². The van der Waals surface area contributed by atoms with Crippen molar-refractivity contribution in [3.8, 4) is 11.5 Å². The minimum atomic E-state index is -2.94. The number of halogens is 2. The molecule has 0 spiro atoms. The second-order valence-electron chi connectivity index (χ2n) is 7.59. The van der Waals surface area contributed by atoms with E-state index in [9.17, 15) is 18.4 Å². The van der Waals surface area contributed by atoms with Crippen LogP contribution in [0.4, 0.5) is 14.5 Å². The van der Waals surface area contributed by atoms with Crippen molar-refractivity contribution in [1.82, 2.24) is 4.90 Å². The van der Waals surface area contributed by atoms with E-state index in [1.165, 1.54) is 40.9 Å². The Morgan fingerprint density at radius 2 is 1.74 bits per heavy atom. The summed E-state index contributed by atoms with van der Waals surface area (Å²) in [5.74, 6) is 0.424. The third kappa shape index (κ3) is 5.56. The van der Waals surface area contributed by atoms with Crippen LogP contribution in [0, 0.1) is 0 Å². The molecule has 2 amide bonds. The molecule has 1 fully saturated rings. The quantitative estimate of drug-likeness (QED) is 0.542. The highest BCUT2D eigenvalue weighted by Gasteiger charge is 2.33. The fourth-order valence-corrected chi connectivity index (χ4v) is 4.56. The molecule has 178 valence electrons. The number of nitrogens with zero attached hydrogens (tertiary/aromatic N) is 3. The molecule has 0 unspecified atom stereocenters. The predicted octanol–water partition coefficient (Wildman–Crippen LogP) is 4.40. The van der Waals surface area contributed by atoms with E-state index in [-0.39, 0.29) is 29.0 Å². The first kappa shape index (κ1) is 23.7. The molecule has 2 heterocycles. The normalized spacial score (nSPS) is 17.0. The lowest BCUT2D eigenvalue weighted by Gasteiger charge is -2.19. The molecular formula is C24H23F2N3O4S. The molecule has 10 heteroatoms. The fourth-order valence-electron chi connectivity index (χ4n) is 3.64. The van der Waals surface area contributed by atoms with Crippen molar-refractivity contribution in [3.05, 3.63) is 59.8 Å². The van der Waals surface area contributed by atoms with Gasteiger partial charge >= 0.3 is 6.61 Å². The smallest absolute Gasteiger partial charge is 0.387 e. The minimum absolute atomic E-state index is 0.00846. The molecule has 2 aliphatic heterocycles. The number of anilines is 1. The number of likely N-dealkylation sites (tertiary alicyclic amines) is 1. The third-order valence-corrected chi connectivity index (χ3v) is 6.28. The van der Waals surface area contributed by atoms with Crippen LogP contribution in [0.2, 0.25) is 0 Å². The molecule has 1 saturated heterocycles. The Morgan fingerprint density at radius 3 is 2.35 bits per heavy atom. The van der Waals surface area contributed by atoms with Gasteiger partial charge in [-0.2, -0.15) is 8.78 Å². The summed E-state index contributed by atoms with van der Waals surface area (Å²) < 4.78 is 34.6. The number of ether oxygens (including phenoxy) is 2. The zero-order chi connectivity index (χ0) is 24.1. The van der Waals surface area contributed by atoms with E-state index >= 15 is 0 Å². The molecule has 4 rings (SSSR count). The van der Waals surface area contributed by atoms with Crippen LogP contribution in [0.15, 0.2) is 59.2 Å². The summed E-state index contributed by atoms with van der Waals surface area (Å²) in [7, 11) is 1.57. The number of hydrogen-bond acceptors (Lipinski definition) is 6. The summed E-state index contributed by atoms with van der Waals surface area (Å²) in [6, 6.07) is 12.9. The SMILES string of the molecule is COc1ccc(/C=C2/N=C(SCC(=O)N3CCCC3)N(c3ccc(OC(F)F)cc3)C2=O)cc1. The van der Waals surface area contributed by atoms with Crippen LogP contribution >= 0.6 is 11.8 Å². The van der Waals surface area contributed by atoms with Gasteiger partial charge in [-0.3, -0.25) is 14.5 Å². The van der Waals surface area contributed by atoms with Crippen molar-refractivity contribution in [3.63, 3.8) is 0 Å². The predicted molar refractivity (Wildman–Crippen MR) is 127 cm³/mol. The van der Waals surface area contributed by atoms with Gasteiger partial charge < -0.3 is 14.4 Å². The molecule has 0 bridgehead atoms.